The predicted molar refractivity (Wildman–Crippen MR) is 127 cm³/mol. The number of ether oxygens (including phenoxy) is 2. The maximum Gasteiger partial charge on any atom is 0.224 e. The largest absolute Gasteiger partial charge is 0.481 e. The van der Waals surface area contributed by atoms with Crippen LogP contribution in [0.3, 0.4) is 0 Å². The number of morpholine rings is 1. The topological polar surface area (TPSA) is 80.9 Å². The van der Waals surface area contributed by atoms with Crippen molar-refractivity contribution in [2.45, 2.75) is 39.2 Å². The number of hydrogen-bond acceptors (Lipinski definition) is 6. The standard InChI is InChI=1S/C19H26N2O2.C6H8N2O/c1-13-11-16-12-17(20-7-9-23-10-8-20)5-6-18(16)21(14(2)22)19(13)15-3-4-15;1-9-6-4-2-3-5(7)8-6/h5-6,12-13,15,19H,3-4,7-11H2,1-2H3;2-4H,1H3,(H2,7,8)/t13-,19-;/m1./s1. The Morgan fingerprint density at radius 3 is 2.53 bits per heavy atom. The van der Waals surface area contributed by atoms with E-state index in [9.17, 15) is 4.79 Å². The van der Waals surface area contributed by atoms with Gasteiger partial charge < -0.3 is 25.0 Å². The van der Waals surface area contributed by atoms with Crippen molar-refractivity contribution in [1.82, 2.24) is 4.98 Å². The number of nitrogens with zero attached hydrogens (tertiary/aromatic N) is 3. The zero-order valence-corrected chi connectivity index (χ0v) is 19.3. The number of anilines is 3. The summed E-state index contributed by atoms with van der Waals surface area (Å²) in [6.07, 6.45) is 3.64. The molecule has 7 heteroatoms. The molecule has 2 atom stereocenters. The van der Waals surface area contributed by atoms with Gasteiger partial charge in [-0.3, -0.25) is 4.79 Å². The third-order valence-electron chi connectivity index (χ3n) is 6.52. The summed E-state index contributed by atoms with van der Waals surface area (Å²) >= 11 is 0. The van der Waals surface area contributed by atoms with Gasteiger partial charge in [0, 0.05) is 43.5 Å². The number of aromatic nitrogens is 1. The summed E-state index contributed by atoms with van der Waals surface area (Å²) in [5, 5.41) is 0. The van der Waals surface area contributed by atoms with Crippen molar-refractivity contribution < 1.29 is 14.3 Å². The molecule has 3 aliphatic rings. The van der Waals surface area contributed by atoms with E-state index < -0.39 is 0 Å². The molecule has 2 fully saturated rings. The van der Waals surface area contributed by atoms with Gasteiger partial charge in [-0.05, 0) is 60.9 Å². The Morgan fingerprint density at radius 2 is 1.94 bits per heavy atom. The highest BCUT2D eigenvalue weighted by Crippen LogP contribution is 2.46. The van der Waals surface area contributed by atoms with Gasteiger partial charge in [-0.1, -0.05) is 13.0 Å². The number of carbonyl (C=O) groups excluding carboxylic acids is 1. The minimum Gasteiger partial charge on any atom is -0.481 e. The van der Waals surface area contributed by atoms with Crippen LogP contribution in [-0.2, 0) is 16.0 Å². The zero-order valence-electron chi connectivity index (χ0n) is 19.3. The molecule has 1 aromatic carbocycles. The lowest BCUT2D eigenvalue weighted by molar-refractivity contribution is -0.117. The molecular formula is C25H34N4O3. The van der Waals surface area contributed by atoms with Crippen LogP contribution in [-0.4, -0.2) is 50.3 Å². The molecule has 5 rings (SSSR count). The molecule has 1 amide bonds. The van der Waals surface area contributed by atoms with Crippen LogP contribution in [0.25, 0.3) is 0 Å². The molecule has 32 heavy (non-hydrogen) atoms. The molecule has 0 radical (unpaired) electrons. The van der Waals surface area contributed by atoms with Gasteiger partial charge in [-0.25, -0.2) is 0 Å². The fourth-order valence-corrected chi connectivity index (χ4v) is 4.91. The van der Waals surface area contributed by atoms with E-state index in [1.807, 2.05) is 0 Å². The number of methoxy groups -OCH3 is 1. The Hall–Kier alpha value is -2.80. The zero-order chi connectivity index (χ0) is 22.7. The molecule has 7 nitrogen and oxygen atoms in total. The maximum absolute atomic E-state index is 12.3. The lowest BCUT2D eigenvalue weighted by Gasteiger charge is -2.42. The van der Waals surface area contributed by atoms with Gasteiger partial charge in [0.2, 0.25) is 11.8 Å². The van der Waals surface area contributed by atoms with Crippen LogP contribution in [0.5, 0.6) is 5.88 Å². The van der Waals surface area contributed by atoms with Crippen LogP contribution < -0.4 is 20.3 Å². The van der Waals surface area contributed by atoms with Crippen LogP contribution in [0.2, 0.25) is 0 Å². The third-order valence-corrected chi connectivity index (χ3v) is 6.52. The van der Waals surface area contributed by atoms with Crippen LogP contribution >= 0.6 is 0 Å². The van der Waals surface area contributed by atoms with Crippen molar-refractivity contribution >= 4 is 23.1 Å². The van der Waals surface area contributed by atoms with Gasteiger partial charge in [0.15, 0.2) is 0 Å². The van der Waals surface area contributed by atoms with E-state index in [0.717, 1.165) is 38.4 Å². The van der Waals surface area contributed by atoms with Crippen molar-refractivity contribution in [3.8, 4) is 5.88 Å². The van der Waals surface area contributed by atoms with E-state index in [0.29, 0.717) is 29.6 Å². The van der Waals surface area contributed by atoms with Crippen molar-refractivity contribution in [2.24, 2.45) is 11.8 Å². The van der Waals surface area contributed by atoms with Crippen molar-refractivity contribution in [3.63, 3.8) is 0 Å². The van der Waals surface area contributed by atoms with Crippen LogP contribution in [0.15, 0.2) is 36.4 Å². The molecule has 1 saturated carbocycles. The number of amides is 1. The number of nitrogens with two attached hydrogens (primary N) is 1. The smallest absolute Gasteiger partial charge is 0.224 e. The summed E-state index contributed by atoms with van der Waals surface area (Å²) in [5.74, 6) is 2.47. The summed E-state index contributed by atoms with van der Waals surface area (Å²) in [4.78, 5) is 20.7. The van der Waals surface area contributed by atoms with Crippen LogP contribution in [0, 0.1) is 11.8 Å². The molecule has 0 spiro atoms. The van der Waals surface area contributed by atoms with E-state index in [2.05, 4.69) is 39.9 Å². The fourth-order valence-electron chi connectivity index (χ4n) is 4.91. The summed E-state index contributed by atoms with van der Waals surface area (Å²) < 4.78 is 10.3. The Labute approximate surface area is 190 Å². The average Bonchev–Trinajstić information content (AvgIpc) is 3.64. The SMILES string of the molecule is CC(=O)N1c2ccc(N3CCOCC3)cc2C[C@@H](C)[C@@H]1C1CC1.COc1cccc(N)n1. The third kappa shape index (κ3) is 4.99. The Morgan fingerprint density at radius 1 is 1.19 bits per heavy atom. The number of hydrogen-bond donors (Lipinski definition) is 1. The summed E-state index contributed by atoms with van der Waals surface area (Å²) in [5.41, 5.74) is 9.08. The number of pyridine rings is 1. The normalized spacial score (nSPS) is 22.5. The van der Waals surface area contributed by atoms with Crippen LogP contribution in [0.1, 0.15) is 32.3 Å². The Bertz CT molecular complexity index is 941. The van der Waals surface area contributed by atoms with Crippen molar-refractivity contribution in [1.29, 1.82) is 0 Å². The fraction of sp³-hybridized carbons (Fsp3) is 0.520. The summed E-state index contributed by atoms with van der Waals surface area (Å²) in [6.45, 7) is 7.54. The van der Waals surface area contributed by atoms with Gasteiger partial charge >= 0.3 is 0 Å². The van der Waals surface area contributed by atoms with Gasteiger partial charge in [0.25, 0.3) is 0 Å². The van der Waals surface area contributed by atoms with Gasteiger partial charge in [0.1, 0.15) is 5.82 Å². The second-order valence-electron chi connectivity index (χ2n) is 8.92. The van der Waals surface area contributed by atoms with E-state index in [4.69, 9.17) is 15.2 Å². The summed E-state index contributed by atoms with van der Waals surface area (Å²) in [7, 11) is 1.56. The van der Waals surface area contributed by atoms with Gasteiger partial charge in [-0.2, -0.15) is 4.98 Å². The molecule has 1 saturated heterocycles. The van der Waals surface area contributed by atoms with Crippen molar-refractivity contribution in [3.05, 3.63) is 42.0 Å². The molecule has 172 valence electrons. The second kappa shape index (κ2) is 9.77. The minimum absolute atomic E-state index is 0.189. The highest BCUT2D eigenvalue weighted by atomic mass is 16.5. The molecular weight excluding hydrogens is 404 g/mol. The highest BCUT2D eigenvalue weighted by Gasteiger charge is 2.43. The monoisotopic (exact) mass is 438 g/mol. The lowest BCUT2D eigenvalue weighted by atomic mass is 9.84. The van der Waals surface area contributed by atoms with Gasteiger partial charge in [-0.15, -0.1) is 0 Å². The minimum atomic E-state index is 0.189. The first-order valence-corrected chi connectivity index (χ1v) is 11.5. The quantitative estimate of drug-likeness (QED) is 0.790. The van der Waals surface area contributed by atoms with Gasteiger partial charge in [0.05, 0.1) is 20.3 Å². The number of benzene rings is 1. The molecule has 2 aromatic rings. The first-order chi connectivity index (χ1) is 15.5. The predicted octanol–water partition coefficient (Wildman–Crippen LogP) is 3.52. The Balaban J connectivity index is 0.000000230. The molecule has 2 N–H and O–H groups in total. The lowest BCUT2D eigenvalue weighted by Crippen LogP contribution is -2.48. The Kier molecular flexibility index (Phi) is 6.84. The molecule has 0 unspecified atom stereocenters. The first-order valence-electron chi connectivity index (χ1n) is 11.5. The summed E-state index contributed by atoms with van der Waals surface area (Å²) in [6, 6.07) is 12.3. The number of nitrogen functional groups attached to an aromatic ring is 1. The van der Waals surface area contributed by atoms with E-state index in [1.165, 1.54) is 24.1 Å². The van der Waals surface area contributed by atoms with E-state index >= 15 is 0 Å². The highest BCUT2D eigenvalue weighted by molar-refractivity contribution is 5.94. The first kappa shape index (κ1) is 22.4. The maximum atomic E-state index is 12.3. The van der Waals surface area contributed by atoms with E-state index in [-0.39, 0.29) is 5.91 Å². The molecule has 0 bridgehead atoms. The average molecular weight is 439 g/mol. The van der Waals surface area contributed by atoms with E-state index in [1.54, 1.807) is 32.2 Å². The van der Waals surface area contributed by atoms with Crippen molar-refractivity contribution in [2.75, 3.05) is 48.9 Å². The number of fused-ring (bicyclic) bond motifs is 1. The second-order valence-corrected chi connectivity index (χ2v) is 8.92. The number of rotatable bonds is 3. The number of carbonyl (C=O) groups is 1. The van der Waals surface area contributed by atoms with Crippen LogP contribution in [0.4, 0.5) is 17.2 Å². The molecule has 1 aromatic heterocycles. The molecule has 1 aliphatic carbocycles. The molecule has 3 heterocycles. The molecule has 2 aliphatic heterocycles.